The third-order valence-corrected chi connectivity index (χ3v) is 10.7. The van der Waals surface area contributed by atoms with Crippen molar-refractivity contribution < 1.29 is 32.7 Å². The zero-order valence-corrected chi connectivity index (χ0v) is 33.2. The Labute approximate surface area is 328 Å². The van der Waals surface area contributed by atoms with Gasteiger partial charge in [0, 0.05) is 35.6 Å². The number of likely N-dealkylation sites (tertiary alicyclic amines) is 1. The maximum atomic E-state index is 16.7. The van der Waals surface area contributed by atoms with E-state index in [-0.39, 0.29) is 83.2 Å². The van der Waals surface area contributed by atoms with E-state index in [1.165, 1.54) is 0 Å². The third kappa shape index (κ3) is 7.24. The summed E-state index contributed by atoms with van der Waals surface area (Å²) in [4.78, 5) is 31.0. The predicted molar refractivity (Wildman–Crippen MR) is 210 cm³/mol. The molecule has 2 aliphatic heterocycles. The van der Waals surface area contributed by atoms with Gasteiger partial charge in [-0.1, -0.05) is 88.4 Å². The molecule has 0 saturated carbocycles. The number of benzene rings is 3. The molecule has 4 aromatic rings. The first-order valence-corrected chi connectivity index (χ1v) is 19.8. The third-order valence-electron chi connectivity index (χ3n) is 10.7. The van der Waals surface area contributed by atoms with Crippen LogP contribution in [0.1, 0.15) is 101 Å². The van der Waals surface area contributed by atoms with Gasteiger partial charge in [-0.15, -0.1) is 0 Å². The molecule has 1 aromatic heterocycles. The number of allylic oxidation sites excluding steroid dienone is 1. The number of nitriles is 1. The number of hydrogen-bond donors (Lipinski definition) is 1. The van der Waals surface area contributed by atoms with Crippen LogP contribution in [-0.4, -0.2) is 54.4 Å². The lowest BCUT2D eigenvalue weighted by atomic mass is 9.63. The van der Waals surface area contributed by atoms with E-state index in [1.807, 2.05) is 102 Å². The van der Waals surface area contributed by atoms with Crippen molar-refractivity contribution in [2.24, 2.45) is 11.8 Å². The number of epoxide rings is 1. The second-order valence-electron chi connectivity index (χ2n) is 14.1. The monoisotopic (exact) mass is 762 g/mol. The quantitative estimate of drug-likeness (QED) is 0.176. The molecule has 3 heterocycles. The Kier molecular flexibility index (Phi) is 12.7. The average Bonchev–Trinajstić information content (AvgIpc) is 3.53. The summed E-state index contributed by atoms with van der Waals surface area (Å²) in [7, 11) is 3.75. The van der Waals surface area contributed by atoms with Crippen molar-refractivity contribution in [3.8, 4) is 17.7 Å². The zero-order chi connectivity index (χ0) is 40.0. The van der Waals surface area contributed by atoms with E-state index in [2.05, 4.69) is 21.4 Å². The fraction of sp³-hybridized carbons (Fsp3) is 0.422. The summed E-state index contributed by atoms with van der Waals surface area (Å²) in [5, 5.41) is 17.3. The fourth-order valence-electron chi connectivity index (χ4n) is 8.33. The number of halogens is 1. The van der Waals surface area contributed by atoms with Gasteiger partial charge < -0.3 is 24.1 Å². The van der Waals surface area contributed by atoms with E-state index >= 15 is 4.39 Å². The number of Topliss-reactive ketones (excluding diaryl/α,β-unsaturated/α-hetero) is 2. The lowest BCUT2D eigenvalue weighted by molar-refractivity contribution is 0.0734. The minimum absolute atomic E-state index is 0.0414. The molecule has 3 aliphatic carbocycles. The average molecular weight is 763 g/mol. The molecule has 294 valence electrons. The summed E-state index contributed by atoms with van der Waals surface area (Å²) in [6, 6.07) is 21.2. The highest BCUT2D eigenvalue weighted by atomic mass is 19.1. The first-order valence-electron chi connectivity index (χ1n) is 19.8. The lowest BCUT2D eigenvalue weighted by Crippen LogP contribution is -2.44. The molecule has 5 aliphatic rings. The zero-order valence-electron chi connectivity index (χ0n) is 33.2. The molecule has 56 heavy (non-hydrogen) atoms. The smallest absolute Gasteiger partial charge is 0.265 e. The number of fused-ring (bicyclic) bond motifs is 3. The number of ketones is 2. The van der Waals surface area contributed by atoms with Crippen LogP contribution in [0.4, 0.5) is 4.39 Å². The maximum absolute atomic E-state index is 16.7. The number of hydrogen-bond acceptors (Lipinski definition) is 10. The normalized spacial score (nSPS) is 21.0. The summed E-state index contributed by atoms with van der Waals surface area (Å²) in [5.74, 6) is -1.04. The Morgan fingerprint density at radius 1 is 0.929 bits per heavy atom. The second kappa shape index (κ2) is 17.7. The number of nitrogens with zero attached hydrogens (tertiary/aromatic N) is 3. The first-order chi connectivity index (χ1) is 27.4. The van der Waals surface area contributed by atoms with Gasteiger partial charge >= 0.3 is 0 Å². The molecule has 1 spiro atoms. The van der Waals surface area contributed by atoms with Gasteiger partial charge in [0.05, 0.1) is 5.56 Å². The van der Waals surface area contributed by atoms with Gasteiger partial charge in [0.25, 0.3) is 5.88 Å². The topological polar surface area (TPSA) is 130 Å². The predicted octanol–water partition coefficient (Wildman–Crippen LogP) is 8.16. The number of carbonyl (C=O) groups is 2. The van der Waals surface area contributed by atoms with Gasteiger partial charge in [0.2, 0.25) is 11.4 Å². The molecule has 2 saturated heterocycles. The number of nitrogens with one attached hydrogen (secondary N) is 1. The van der Waals surface area contributed by atoms with Crippen LogP contribution in [0.5, 0.6) is 11.6 Å². The minimum atomic E-state index is -1.32. The Balaban J connectivity index is 0.000000716. The van der Waals surface area contributed by atoms with E-state index in [1.54, 1.807) is 0 Å². The van der Waals surface area contributed by atoms with Gasteiger partial charge in [0.1, 0.15) is 42.0 Å². The van der Waals surface area contributed by atoms with Crippen LogP contribution >= 0.6 is 0 Å². The minimum Gasteiger partial charge on any atom is -0.487 e. The van der Waals surface area contributed by atoms with Crippen LogP contribution in [-0.2, 0) is 37.3 Å². The van der Waals surface area contributed by atoms with Crippen molar-refractivity contribution in [3.05, 3.63) is 123 Å². The van der Waals surface area contributed by atoms with Crippen LogP contribution < -0.4 is 14.8 Å². The summed E-state index contributed by atoms with van der Waals surface area (Å²) in [6.07, 6.45) is 3.05. The summed E-state index contributed by atoms with van der Waals surface area (Å²) in [6.45, 7) is 10.2. The van der Waals surface area contributed by atoms with Crippen molar-refractivity contribution in [3.63, 3.8) is 0 Å². The maximum Gasteiger partial charge on any atom is 0.265 e. The van der Waals surface area contributed by atoms with E-state index in [0.29, 0.717) is 29.9 Å². The molecule has 1 unspecified atom stereocenters. The van der Waals surface area contributed by atoms with Crippen LogP contribution in [0.3, 0.4) is 0 Å². The van der Waals surface area contributed by atoms with Gasteiger partial charge in [0.15, 0.2) is 17.3 Å². The van der Waals surface area contributed by atoms with Crippen molar-refractivity contribution >= 4 is 11.6 Å². The van der Waals surface area contributed by atoms with E-state index in [4.69, 9.17) is 18.7 Å². The van der Waals surface area contributed by atoms with Gasteiger partial charge in [-0.3, -0.25) is 14.5 Å². The van der Waals surface area contributed by atoms with Crippen molar-refractivity contribution in [1.82, 2.24) is 15.4 Å². The van der Waals surface area contributed by atoms with Crippen molar-refractivity contribution in [1.29, 1.82) is 5.26 Å². The molecule has 11 heteroatoms. The van der Waals surface area contributed by atoms with Crippen LogP contribution in [0.15, 0.2) is 76.5 Å². The standard InChI is InChI=1S/C39H32FN3O6.C2H7N.2C2H6/c40-33-26-16-24-15-25-17-29-32(38(42-49-29)47-21-23-11-5-2-6-12-23)36(45)39(25)37(48-39)30(24)34(44)31(26)35(46-20-22-9-3-1-4-10-22)27(18-41)28(33)19-43-13-7-8-14-43;1-3-2;2*1-2/h1-6,9-12,24-25H,7-8,13-17,19-21H2;3H,1-2H3;2*1-2H3/t24?,25-,39+;;;/m0.../s1. The van der Waals surface area contributed by atoms with E-state index in [0.717, 1.165) is 37.1 Å². The van der Waals surface area contributed by atoms with Crippen LogP contribution in [0.25, 0.3) is 0 Å². The Hall–Kier alpha value is -5.31. The number of carbonyl (C=O) groups excluding carboxylic acids is 2. The Morgan fingerprint density at radius 3 is 2.14 bits per heavy atom. The van der Waals surface area contributed by atoms with Crippen LogP contribution in [0.2, 0.25) is 0 Å². The highest BCUT2D eigenvalue weighted by molar-refractivity contribution is 6.18. The first kappa shape index (κ1) is 40.4. The molecule has 9 rings (SSSR count). The molecular formula is C45H51FN4O6. The highest BCUT2D eigenvalue weighted by Crippen LogP contribution is 2.63. The van der Waals surface area contributed by atoms with Gasteiger partial charge in [-0.2, -0.15) is 5.26 Å². The Bertz CT molecular complexity index is 2120. The molecule has 1 N–H and O–H groups in total. The molecule has 3 atom stereocenters. The lowest BCUT2D eigenvalue weighted by Gasteiger charge is -2.36. The number of aromatic nitrogens is 1. The summed E-state index contributed by atoms with van der Waals surface area (Å²) >= 11 is 0. The highest BCUT2D eigenvalue weighted by Gasteiger charge is 2.72. The molecule has 3 aromatic carbocycles. The van der Waals surface area contributed by atoms with Crippen molar-refractivity contribution in [2.45, 2.75) is 85.2 Å². The fourth-order valence-corrected chi connectivity index (χ4v) is 8.33. The Morgan fingerprint density at radius 2 is 1.54 bits per heavy atom. The largest absolute Gasteiger partial charge is 0.487 e. The molecule has 0 radical (unpaired) electrons. The molecule has 2 fully saturated rings. The van der Waals surface area contributed by atoms with Crippen LogP contribution in [0, 0.1) is 29.0 Å². The number of rotatable bonds is 8. The molecule has 10 nitrogen and oxygen atoms in total. The SMILES string of the molecule is CC.CC.CNC.N#Cc1c(CN2CCCC2)c(F)c2c(c1OCc1ccccc1)C(=O)C1=C3O[C@]34C(=O)c3c(OCc5ccccc5)noc3C[C@@H]4CC1C2. The van der Waals surface area contributed by atoms with Gasteiger partial charge in [-0.25, -0.2) is 4.39 Å². The van der Waals surface area contributed by atoms with E-state index in [9.17, 15) is 14.9 Å². The summed E-state index contributed by atoms with van der Waals surface area (Å²) in [5.41, 5.74) is 1.67. The molecule has 0 amide bonds. The number of ether oxygens (including phenoxy) is 3. The second-order valence-corrected chi connectivity index (χ2v) is 14.1. The van der Waals surface area contributed by atoms with E-state index < -0.39 is 17.2 Å². The molecule has 0 bridgehead atoms. The molecular weight excluding hydrogens is 712 g/mol. The van der Waals surface area contributed by atoms with Gasteiger partial charge in [-0.05, 0) is 75.1 Å². The summed E-state index contributed by atoms with van der Waals surface area (Å²) < 4.78 is 40.8. The van der Waals surface area contributed by atoms with Crippen molar-refractivity contribution in [2.75, 3.05) is 27.2 Å².